The van der Waals surface area contributed by atoms with Gasteiger partial charge < -0.3 is 11.1 Å². The molecule has 0 fully saturated rings. The largest absolute Gasteiger partial charge is 0.391 e. The first-order valence-corrected chi connectivity index (χ1v) is 5.04. The van der Waals surface area contributed by atoms with E-state index in [1.165, 1.54) is 5.56 Å². The topological polar surface area (TPSA) is 55.1 Å². The van der Waals surface area contributed by atoms with Gasteiger partial charge in [0.25, 0.3) is 0 Å². The molecule has 0 radical (unpaired) electrons. The third-order valence-electron chi connectivity index (χ3n) is 2.22. The summed E-state index contributed by atoms with van der Waals surface area (Å²) in [7, 11) is 1.81. The molecule has 1 aromatic rings. The monoisotopic (exact) mass is 216 g/mol. The number of benzene rings is 1. The van der Waals surface area contributed by atoms with Crippen molar-refractivity contribution in [3.8, 4) is 0 Å². The number of rotatable bonds is 5. The predicted octanol–water partition coefficient (Wildman–Crippen LogP) is 1.37. The molecule has 0 aromatic heterocycles. The lowest BCUT2D eigenvalue weighted by Gasteiger charge is -2.07. The summed E-state index contributed by atoms with van der Waals surface area (Å²) in [5, 5.41) is 3.03. The molecule has 0 heterocycles. The van der Waals surface area contributed by atoms with Crippen LogP contribution < -0.4 is 11.1 Å². The Hall–Kier alpha value is -2.03. The van der Waals surface area contributed by atoms with Crippen LogP contribution in [0, 0.1) is 0 Å². The summed E-state index contributed by atoms with van der Waals surface area (Å²) in [4.78, 5) is 10.9. The highest BCUT2D eigenvalue weighted by Gasteiger charge is 2.01. The Morgan fingerprint density at radius 1 is 1.44 bits per heavy atom. The molecule has 0 unspecified atom stereocenters. The van der Waals surface area contributed by atoms with Crippen molar-refractivity contribution in [2.24, 2.45) is 5.73 Å². The van der Waals surface area contributed by atoms with E-state index in [1.54, 1.807) is 6.08 Å². The van der Waals surface area contributed by atoms with Crippen molar-refractivity contribution < 1.29 is 4.79 Å². The lowest BCUT2D eigenvalue weighted by atomic mass is 10.1. The minimum Gasteiger partial charge on any atom is -0.391 e. The molecule has 0 aliphatic heterocycles. The molecule has 16 heavy (non-hydrogen) atoms. The van der Waals surface area contributed by atoms with Gasteiger partial charge in [-0.3, -0.25) is 4.79 Å². The fraction of sp³-hybridized carbons (Fsp3) is 0.154. The van der Waals surface area contributed by atoms with Crippen LogP contribution in [0.5, 0.6) is 0 Å². The smallest absolute Gasteiger partial charge is 0.248 e. The third-order valence-corrected chi connectivity index (χ3v) is 2.22. The van der Waals surface area contributed by atoms with E-state index in [-0.39, 0.29) is 0 Å². The molecule has 0 aliphatic rings. The van der Waals surface area contributed by atoms with Crippen LogP contribution in [0.4, 0.5) is 0 Å². The van der Waals surface area contributed by atoms with Gasteiger partial charge in [-0.25, -0.2) is 0 Å². The van der Waals surface area contributed by atoms with Gasteiger partial charge >= 0.3 is 0 Å². The third kappa shape index (κ3) is 3.61. The van der Waals surface area contributed by atoms with Gasteiger partial charge in [0, 0.05) is 24.7 Å². The molecular weight excluding hydrogens is 200 g/mol. The molecule has 1 amide bonds. The van der Waals surface area contributed by atoms with Gasteiger partial charge in [-0.1, -0.05) is 36.9 Å². The number of likely N-dealkylation sites (N-methyl/N-ethyl adjacent to an activating group) is 1. The quantitative estimate of drug-likeness (QED) is 0.577. The van der Waals surface area contributed by atoms with Crippen molar-refractivity contribution in [1.29, 1.82) is 0 Å². The molecule has 0 atom stereocenters. The number of allylic oxidation sites excluding steroid dienone is 1. The van der Waals surface area contributed by atoms with Crippen LogP contribution >= 0.6 is 0 Å². The number of amides is 1. The zero-order chi connectivity index (χ0) is 12.0. The van der Waals surface area contributed by atoms with Crippen LogP contribution in [-0.4, -0.2) is 13.0 Å². The average molecular weight is 216 g/mol. The van der Waals surface area contributed by atoms with E-state index < -0.39 is 5.91 Å². The average Bonchev–Trinajstić information content (AvgIpc) is 2.29. The van der Waals surface area contributed by atoms with Crippen LogP contribution in [0.1, 0.15) is 5.56 Å². The number of carbonyl (C=O) groups excluding carboxylic acids is 1. The first-order valence-electron chi connectivity index (χ1n) is 5.04. The summed E-state index contributed by atoms with van der Waals surface area (Å²) < 4.78 is 0. The molecule has 3 heteroatoms. The molecule has 84 valence electrons. The second-order valence-electron chi connectivity index (χ2n) is 3.47. The molecule has 0 aliphatic carbocycles. The highest BCUT2D eigenvalue weighted by molar-refractivity contribution is 5.94. The molecule has 0 saturated heterocycles. The standard InChI is InChI=1S/C13H16N2O/c1-10(13(14)16)8-12(15-2)9-11-6-4-3-5-7-11/h3-8,15H,1,9H2,2H3,(H2,14,16)/b12-8-. The number of nitrogens with one attached hydrogen (secondary N) is 1. The summed E-state index contributed by atoms with van der Waals surface area (Å²) in [6.45, 7) is 3.59. The maximum Gasteiger partial charge on any atom is 0.248 e. The van der Waals surface area contributed by atoms with Crippen LogP contribution in [0.15, 0.2) is 54.3 Å². The van der Waals surface area contributed by atoms with Gasteiger partial charge in [-0.05, 0) is 11.6 Å². The van der Waals surface area contributed by atoms with Crippen molar-refractivity contribution >= 4 is 5.91 Å². The number of nitrogens with two attached hydrogens (primary N) is 1. The number of carbonyl (C=O) groups is 1. The van der Waals surface area contributed by atoms with Gasteiger partial charge in [-0.15, -0.1) is 0 Å². The lowest BCUT2D eigenvalue weighted by molar-refractivity contribution is -0.114. The van der Waals surface area contributed by atoms with E-state index in [0.717, 1.165) is 12.1 Å². The normalized spacial score (nSPS) is 10.9. The first kappa shape index (κ1) is 12.0. The Balaban J connectivity index is 2.77. The van der Waals surface area contributed by atoms with Gasteiger partial charge in [0.05, 0.1) is 0 Å². The van der Waals surface area contributed by atoms with Crippen molar-refractivity contribution in [2.45, 2.75) is 6.42 Å². The Kier molecular flexibility index (Phi) is 4.33. The highest BCUT2D eigenvalue weighted by atomic mass is 16.1. The van der Waals surface area contributed by atoms with Crippen molar-refractivity contribution in [3.05, 3.63) is 59.8 Å². The zero-order valence-electron chi connectivity index (χ0n) is 9.36. The van der Waals surface area contributed by atoms with Crippen molar-refractivity contribution in [1.82, 2.24) is 5.32 Å². The molecule has 1 aromatic carbocycles. The van der Waals surface area contributed by atoms with Crippen LogP contribution in [0.2, 0.25) is 0 Å². The number of primary amides is 1. The van der Waals surface area contributed by atoms with Crippen molar-refractivity contribution in [2.75, 3.05) is 7.05 Å². The maximum atomic E-state index is 10.9. The van der Waals surface area contributed by atoms with E-state index in [0.29, 0.717) is 5.57 Å². The summed E-state index contributed by atoms with van der Waals surface area (Å²) in [5.41, 5.74) is 7.51. The van der Waals surface area contributed by atoms with Crippen LogP contribution in [0.25, 0.3) is 0 Å². The summed E-state index contributed by atoms with van der Waals surface area (Å²) in [6.07, 6.45) is 2.40. The van der Waals surface area contributed by atoms with E-state index in [2.05, 4.69) is 11.9 Å². The van der Waals surface area contributed by atoms with Gasteiger partial charge in [0.15, 0.2) is 0 Å². The Labute approximate surface area is 95.7 Å². The lowest BCUT2D eigenvalue weighted by Crippen LogP contribution is -2.15. The first-order chi connectivity index (χ1) is 7.63. The molecule has 0 spiro atoms. The second kappa shape index (κ2) is 5.75. The van der Waals surface area contributed by atoms with Crippen LogP contribution in [0.3, 0.4) is 0 Å². The molecular formula is C13H16N2O. The van der Waals surface area contributed by atoms with E-state index in [4.69, 9.17) is 5.73 Å². The second-order valence-corrected chi connectivity index (χ2v) is 3.47. The summed E-state index contributed by atoms with van der Waals surface area (Å²) in [5.74, 6) is -0.499. The van der Waals surface area contributed by atoms with E-state index >= 15 is 0 Å². The number of hydrogen-bond donors (Lipinski definition) is 2. The summed E-state index contributed by atoms with van der Waals surface area (Å²) in [6, 6.07) is 9.97. The fourth-order valence-corrected chi connectivity index (χ4v) is 1.31. The molecule has 0 bridgehead atoms. The Morgan fingerprint density at radius 3 is 2.56 bits per heavy atom. The zero-order valence-corrected chi connectivity index (χ0v) is 9.36. The SMILES string of the molecule is C=C(/C=C(/Cc1ccccc1)NC)C(N)=O. The van der Waals surface area contributed by atoms with E-state index in [1.807, 2.05) is 37.4 Å². The Morgan fingerprint density at radius 2 is 2.06 bits per heavy atom. The number of hydrogen-bond acceptors (Lipinski definition) is 2. The van der Waals surface area contributed by atoms with Gasteiger partial charge in [0.1, 0.15) is 0 Å². The molecule has 3 N–H and O–H groups in total. The molecule has 1 rings (SSSR count). The minimum absolute atomic E-state index is 0.306. The fourth-order valence-electron chi connectivity index (χ4n) is 1.31. The summed E-state index contributed by atoms with van der Waals surface area (Å²) >= 11 is 0. The highest BCUT2D eigenvalue weighted by Crippen LogP contribution is 2.07. The Bertz CT molecular complexity index is 407. The van der Waals surface area contributed by atoms with E-state index in [9.17, 15) is 4.79 Å². The molecule has 0 saturated carbocycles. The maximum absolute atomic E-state index is 10.9. The predicted molar refractivity (Wildman–Crippen MR) is 65.6 cm³/mol. The van der Waals surface area contributed by atoms with Crippen molar-refractivity contribution in [3.63, 3.8) is 0 Å². The minimum atomic E-state index is -0.499. The van der Waals surface area contributed by atoms with Crippen LogP contribution in [-0.2, 0) is 11.2 Å². The molecule has 3 nitrogen and oxygen atoms in total. The van der Waals surface area contributed by atoms with Gasteiger partial charge in [-0.2, -0.15) is 0 Å². The van der Waals surface area contributed by atoms with Gasteiger partial charge in [0.2, 0.25) is 5.91 Å².